The number of carbonyl (C=O) groups is 1. The first-order valence-electron chi connectivity index (χ1n) is 13.0. The summed E-state index contributed by atoms with van der Waals surface area (Å²) >= 11 is 0. The zero-order chi connectivity index (χ0) is 26.5. The van der Waals surface area contributed by atoms with Crippen molar-refractivity contribution < 1.29 is 13.9 Å². The van der Waals surface area contributed by atoms with Gasteiger partial charge in [-0.3, -0.25) is 4.79 Å². The van der Waals surface area contributed by atoms with Crippen LogP contribution in [0.4, 0.5) is 10.1 Å². The molecule has 5 heteroatoms. The van der Waals surface area contributed by atoms with Gasteiger partial charge in [-0.05, 0) is 97.1 Å². The van der Waals surface area contributed by atoms with Crippen molar-refractivity contribution in [3.8, 4) is 11.8 Å². The fraction of sp³-hybridized carbons (Fsp3) is 0.312. The summed E-state index contributed by atoms with van der Waals surface area (Å²) in [6, 6.07) is 21.3. The topological polar surface area (TPSA) is 76.1 Å². The number of halogens is 1. The van der Waals surface area contributed by atoms with E-state index in [9.17, 15) is 14.4 Å². The van der Waals surface area contributed by atoms with Crippen LogP contribution < -0.4 is 10.5 Å². The number of nitrogen functional groups attached to an aromatic ring is 1. The highest BCUT2D eigenvalue weighted by atomic mass is 19.1. The third kappa shape index (κ3) is 9.57. The molecule has 0 aliphatic carbocycles. The van der Waals surface area contributed by atoms with Gasteiger partial charge < -0.3 is 10.5 Å². The number of anilines is 1. The summed E-state index contributed by atoms with van der Waals surface area (Å²) in [7, 11) is 0. The molecule has 0 aromatic heterocycles. The van der Waals surface area contributed by atoms with Gasteiger partial charge in [0.2, 0.25) is 0 Å². The van der Waals surface area contributed by atoms with Crippen LogP contribution in [0.5, 0.6) is 5.75 Å². The number of aryl methyl sites for hydroxylation is 1. The van der Waals surface area contributed by atoms with E-state index in [0.29, 0.717) is 24.3 Å². The summed E-state index contributed by atoms with van der Waals surface area (Å²) in [4.78, 5) is 12.3. The molecule has 0 fully saturated rings. The van der Waals surface area contributed by atoms with Crippen molar-refractivity contribution in [1.82, 2.24) is 0 Å². The van der Waals surface area contributed by atoms with Gasteiger partial charge in [0.15, 0.2) is 5.78 Å². The highest BCUT2D eigenvalue weighted by Crippen LogP contribution is 2.22. The maximum Gasteiger partial charge on any atom is 0.162 e. The average Bonchev–Trinajstić information content (AvgIpc) is 2.89. The minimum atomic E-state index is -0.300. The van der Waals surface area contributed by atoms with Crippen molar-refractivity contribution in [1.29, 1.82) is 5.26 Å². The normalized spacial score (nSPS) is 11.2. The number of carbonyl (C=O) groups excluding carboxylic acids is 1. The van der Waals surface area contributed by atoms with Gasteiger partial charge in [0.25, 0.3) is 0 Å². The Morgan fingerprint density at radius 2 is 1.54 bits per heavy atom. The zero-order valence-electron chi connectivity index (χ0n) is 21.5. The molecule has 0 saturated heterocycles. The van der Waals surface area contributed by atoms with Crippen molar-refractivity contribution in [2.45, 2.75) is 58.3 Å². The maximum absolute atomic E-state index is 13.1. The molecule has 0 aliphatic rings. The summed E-state index contributed by atoms with van der Waals surface area (Å²) in [5, 5.41) is 9.50. The number of ether oxygens (including phenoxy) is 1. The van der Waals surface area contributed by atoms with Crippen molar-refractivity contribution in [2.75, 3.05) is 12.3 Å². The Kier molecular flexibility index (Phi) is 10.9. The zero-order valence-corrected chi connectivity index (χ0v) is 21.5. The lowest BCUT2D eigenvalue weighted by atomic mass is 10.0. The van der Waals surface area contributed by atoms with Crippen LogP contribution in [0.2, 0.25) is 0 Å². The van der Waals surface area contributed by atoms with Crippen molar-refractivity contribution in [3.63, 3.8) is 0 Å². The van der Waals surface area contributed by atoms with Crippen LogP contribution in [0.1, 0.15) is 78.4 Å². The molecule has 4 nitrogen and oxygen atoms in total. The van der Waals surface area contributed by atoms with Gasteiger partial charge in [-0.15, -0.1) is 0 Å². The second-order valence-corrected chi connectivity index (χ2v) is 9.37. The predicted octanol–water partition coefficient (Wildman–Crippen LogP) is 8.16. The minimum Gasteiger partial charge on any atom is -0.494 e. The largest absolute Gasteiger partial charge is 0.494 e. The predicted molar refractivity (Wildman–Crippen MR) is 149 cm³/mol. The number of nitriles is 1. The van der Waals surface area contributed by atoms with E-state index >= 15 is 0 Å². The second-order valence-electron chi connectivity index (χ2n) is 9.37. The van der Waals surface area contributed by atoms with Crippen LogP contribution in [0.25, 0.3) is 11.6 Å². The van der Waals surface area contributed by atoms with Crippen molar-refractivity contribution >= 4 is 23.1 Å². The quantitative estimate of drug-likeness (QED) is 0.0799. The van der Waals surface area contributed by atoms with Crippen LogP contribution >= 0.6 is 0 Å². The molecule has 37 heavy (non-hydrogen) atoms. The van der Waals surface area contributed by atoms with Crippen molar-refractivity contribution in [2.24, 2.45) is 0 Å². The van der Waals surface area contributed by atoms with Crippen LogP contribution in [-0.4, -0.2) is 12.4 Å². The molecule has 0 saturated carbocycles. The molecule has 0 radical (unpaired) electrons. The van der Waals surface area contributed by atoms with E-state index in [4.69, 9.17) is 10.5 Å². The number of hydrogen-bond donors (Lipinski definition) is 1. The molecule has 0 bridgehead atoms. The number of nitrogens with zero attached hydrogens (tertiary/aromatic N) is 1. The molecule has 3 aromatic rings. The summed E-state index contributed by atoms with van der Waals surface area (Å²) in [6.45, 7) is 2.61. The Morgan fingerprint density at radius 1 is 0.892 bits per heavy atom. The lowest BCUT2D eigenvalue weighted by Crippen LogP contribution is -2.01. The van der Waals surface area contributed by atoms with E-state index in [1.165, 1.54) is 12.1 Å². The Bertz CT molecular complexity index is 1200. The molecular weight excluding hydrogens is 463 g/mol. The average molecular weight is 499 g/mol. The number of ketones is 1. The van der Waals surface area contributed by atoms with Crippen LogP contribution in [-0.2, 0) is 0 Å². The number of hydrogen-bond acceptors (Lipinski definition) is 4. The molecule has 0 atom stereocenters. The smallest absolute Gasteiger partial charge is 0.162 e. The molecule has 0 amide bonds. The monoisotopic (exact) mass is 498 g/mol. The number of nitrogens with two attached hydrogens (primary N) is 1. The summed E-state index contributed by atoms with van der Waals surface area (Å²) in [5.74, 6) is 0.655. The SMILES string of the molecule is Cc1cc(N)cc(C(=O)CCCCCCCCCOc2ccc(/C(C#N)=C/c3ccc(F)cc3)cc2)c1. The standard InChI is InChI=1S/C32H35FN2O2/c1-24-19-27(22-30(35)20-24)32(36)9-7-5-3-2-4-6-8-18-37-31-16-12-26(13-17-31)28(23-34)21-25-10-14-29(33)15-11-25/h10-17,19-22H,2-9,18,35H2,1H3/b28-21+. The van der Waals surface area contributed by atoms with Crippen LogP contribution in [0, 0.1) is 24.1 Å². The van der Waals surface area contributed by atoms with Gasteiger partial charge in [-0.2, -0.15) is 5.26 Å². The first-order valence-corrected chi connectivity index (χ1v) is 13.0. The lowest BCUT2D eigenvalue weighted by Gasteiger charge is -2.07. The highest BCUT2D eigenvalue weighted by molar-refractivity contribution is 5.97. The highest BCUT2D eigenvalue weighted by Gasteiger charge is 2.07. The molecule has 0 aliphatic heterocycles. The third-order valence-corrected chi connectivity index (χ3v) is 6.21. The Balaban J connectivity index is 1.27. The molecule has 3 aromatic carbocycles. The number of benzene rings is 3. The first kappa shape index (κ1) is 27.7. The molecule has 192 valence electrons. The lowest BCUT2D eigenvalue weighted by molar-refractivity contribution is 0.0979. The van der Waals surface area contributed by atoms with Crippen LogP contribution in [0.15, 0.2) is 66.7 Å². The molecule has 0 heterocycles. The van der Waals surface area contributed by atoms with E-state index in [2.05, 4.69) is 6.07 Å². The fourth-order valence-electron chi connectivity index (χ4n) is 4.22. The van der Waals surface area contributed by atoms with E-state index in [1.54, 1.807) is 24.3 Å². The van der Waals surface area contributed by atoms with Gasteiger partial charge >= 0.3 is 0 Å². The first-order chi connectivity index (χ1) is 17.9. The van der Waals surface area contributed by atoms with Crippen molar-refractivity contribution in [3.05, 3.63) is 94.8 Å². The third-order valence-electron chi connectivity index (χ3n) is 6.21. The molecule has 0 spiro atoms. The molecular formula is C32H35FN2O2. The summed E-state index contributed by atoms with van der Waals surface area (Å²) in [6.07, 6.45) is 9.86. The second kappa shape index (κ2) is 14.6. The Hall–Kier alpha value is -3.91. The number of rotatable bonds is 14. The Morgan fingerprint density at radius 3 is 2.19 bits per heavy atom. The molecule has 2 N–H and O–H groups in total. The minimum absolute atomic E-state index is 0.174. The number of Topliss-reactive ketones (excluding diaryl/α,β-unsaturated/α-hetero) is 1. The van der Waals surface area contributed by atoms with Gasteiger partial charge in [0.05, 0.1) is 18.2 Å². The molecule has 3 rings (SSSR count). The van der Waals surface area contributed by atoms with Gasteiger partial charge in [0, 0.05) is 17.7 Å². The van der Waals surface area contributed by atoms with Gasteiger partial charge in [0.1, 0.15) is 11.6 Å². The van der Waals surface area contributed by atoms with E-state index < -0.39 is 0 Å². The fourth-order valence-corrected chi connectivity index (χ4v) is 4.22. The van der Waals surface area contributed by atoms with Gasteiger partial charge in [-0.1, -0.05) is 44.2 Å². The Labute approximate surface area is 219 Å². The van der Waals surface area contributed by atoms with Gasteiger partial charge in [-0.25, -0.2) is 4.39 Å². The van der Waals surface area contributed by atoms with E-state index in [1.807, 2.05) is 43.3 Å². The van der Waals surface area contributed by atoms with E-state index in [0.717, 1.165) is 72.9 Å². The maximum atomic E-state index is 13.1. The summed E-state index contributed by atoms with van der Waals surface area (Å²) in [5.41, 5.74) is 10.3. The summed E-state index contributed by atoms with van der Waals surface area (Å²) < 4.78 is 18.9. The van der Waals surface area contributed by atoms with E-state index in [-0.39, 0.29) is 11.6 Å². The number of unbranched alkanes of at least 4 members (excludes halogenated alkanes) is 6. The number of allylic oxidation sites excluding steroid dienone is 1. The molecule has 0 unspecified atom stereocenters. The van der Waals surface area contributed by atoms with Crippen LogP contribution in [0.3, 0.4) is 0 Å².